The summed E-state index contributed by atoms with van der Waals surface area (Å²) in [5.41, 5.74) is 3.99. The maximum absolute atomic E-state index is 13.4. The highest BCUT2D eigenvalue weighted by Crippen LogP contribution is 2.36. The lowest BCUT2D eigenvalue weighted by atomic mass is 9.90. The van der Waals surface area contributed by atoms with Crippen LogP contribution in [0.25, 0.3) is 17.0 Å². The van der Waals surface area contributed by atoms with Crippen molar-refractivity contribution in [3.8, 4) is 11.8 Å². The zero-order valence-electron chi connectivity index (χ0n) is 20.2. The van der Waals surface area contributed by atoms with Gasteiger partial charge < -0.3 is 10.1 Å². The minimum absolute atomic E-state index is 0.00881. The molecule has 9 nitrogen and oxygen atoms in total. The maximum Gasteiger partial charge on any atom is 0.281 e. The Labute approximate surface area is 209 Å². The Morgan fingerprint density at radius 3 is 2.44 bits per heavy atom. The number of hydrogen-bond donors (Lipinski definition) is 2. The average molecular weight is 513 g/mol. The number of nitrogens with zero attached hydrogens (tertiary/aromatic N) is 5. The molecule has 1 saturated heterocycles. The molecule has 36 heavy (non-hydrogen) atoms. The Balaban J connectivity index is 1.47. The van der Waals surface area contributed by atoms with E-state index in [1.807, 2.05) is 24.3 Å². The smallest absolute Gasteiger partial charge is 0.281 e. The zero-order chi connectivity index (χ0) is 25.4. The molecule has 190 valence electrons. The highest BCUT2D eigenvalue weighted by atomic mass is 32.2. The van der Waals surface area contributed by atoms with E-state index in [0.717, 1.165) is 22.3 Å². The Bertz CT molecular complexity index is 1440. The number of halogens is 1. The van der Waals surface area contributed by atoms with Crippen LogP contribution in [-0.4, -0.2) is 69.1 Å². The van der Waals surface area contributed by atoms with Gasteiger partial charge in [-0.15, -0.1) is 0 Å². The van der Waals surface area contributed by atoms with Crippen molar-refractivity contribution in [2.24, 2.45) is 0 Å². The van der Waals surface area contributed by atoms with Crippen LogP contribution in [0.1, 0.15) is 35.6 Å². The van der Waals surface area contributed by atoms with Crippen molar-refractivity contribution in [3.05, 3.63) is 71.2 Å². The van der Waals surface area contributed by atoms with Gasteiger partial charge >= 0.3 is 0 Å². The first-order valence-electron chi connectivity index (χ1n) is 11.9. The van der Waals surface area contributed by atoms with Gasteiger partial charge in [-0.3, -0.25) is 0 Å². The first-order valence-corrected chi connectivity index (χ1v) is 13.3. The van der Waals surface area contributed by atoms with Gasteiger partial charge in [-0.05, 0) is 55.5 Å². The quantitative estimate of drug-likeness (QED) is 0.395. The lowest BCUT2D eigenvalue weighted by Gasteiger charge is -2.32. The average Bonchev–Trinajstić information content (AvgIpc) is 3.44. The summed E-state index contributed by atoms with van der Waals surface area (Å²) < 4.78 is 42.6. The molecule has 3 heterocycles. The maximum atomic E-state index is 13.4. The fraction of sp³-hybridized carbons (Fsp3) is 0.360. The monoisotopic (exact) mass is 512 g/mol. The topological polar surface area (TPSA) is 107 Å². The van der Waals surface area contributed by atoms with Crippen molar-refractivity contribution in [2.75, 3.05) is 27.2 Å². The number of imidazole rings is 1. The van der Waals surface area contributed by atoms with Crippen LogP contribution in [0.5, 0.6) is 5.88 Å². The van der Waals surface area contributed by atoms with Crippen LogP contribution in [0.15, 0.2) is 48.5 Å². The number of aromatic hydroxyl groups is 1. The first kappa shape index (κ1) is 24.4. The number of aryl methyl sites for hydroxylation is 1. The van der Waals surface area contributed by atoms with Gasteiger partial charge in [-0.2, -0.15) is 26.8 Å². The van der Waals surface area contributed by atoms with E-state index in [-0.39, 0.29) is 17.6 Å². The molecule has 2 aromatic carbocycles. The third-order valence-corrected chi connectivity index (χ3v) is 8.71. The number of piperidine rings is 1. The second-order valence-electron chi connectivity index (χ2n) is 9.27. The summed E-state index contributed by atoms with van der Waals surface area (Å²) >= 11 is 0. The van der Waals surface area contributed by atoms with Gasteiger partial charge in [0.25, 0.3) is 10.2 Å². The number of nitrogens with one attached hydrogen (secondary N) is 1. The molecule has 2 aromatic heterocycles. The molecule has 0 bridgehead atoms. The largest absolute Gasteiger partial charge is 0.493 e. The highest BCUT2D eigenvalue weighted by molar-refractivity contribution is 7.86. The summed E-state index contributed by atoms with van der Waals surface area (Å²) in [6.07, 6.45) is 2.28. The van der Waals surface area contributed by atoms with Crippen molar-refractivity contribution in [1.82, 2.24) is 28.4 Å². The van der Waals surface area contributed by atoms with Crippen molar-refractivity contribution in [3.63, 3.8) is 0 Å². The molecule has 0 saturated carbocycles. The summed E-state index contributed by atoms with van der Waals surface area (Å²) in [5.74, 6) is 0.114. The second kappa shape index (κ2) is 9.64. The van der Waals surface area contributed by atoms with Gasteiger partial charge in [-0.25, -0.2) is 9.37 Å². The fourth-order valence-corrected chi connectivity index (χ4v) is 5.86. The fourth-order valence-electron chi connectivity index (χ4n) is 4.72. The van der Waals surface area contributed by atoms with Crippen LogP contribution >= 0.6 is 0 Å². The Morgan fingerprint density at radius 1 is 1.08 bits per heavy atom. The van der Waals surface area contributed by atoms with Crippen LogP contribution in [0.2, 0.25) is 0 Å². The van der Waals surface area contributed by atoms with Crippen LogP contribution in [-0.2, 0) is 23.1 Å². The second-order valence-corrected chi connectivity index (χ2v) is 11.4. The molecule has 0 radical (unpaired) electrons. The molecule has 1 aliphatic heterocycles. The van der Waals surface area contributed by atoms with Gasteiger partial charge in [0.1, 0.15) is 5.82 Å². The predicted octanol–water partition coefficient (Wildman–Crippen LogP) is 3.36. The molecule has 5 rings (SSSR count). The van der Waals surface area contributed by atoms with Crippen LogP contribution in [0.4, 0.5) is 4.39 Å². The van der Waals surface area contributed by atoms with Gasteiger partial charge in [0.05, 0.1) is 16.7 Å². The van der Waals surface area contributed by atoms with Crippen LogP contribution in [0, 0.1) is 5.82 Å². The molecule has 4 aromatic rings. The van der Waals surface area contributed by atoms with E-state index in [2.05, 4.69) is 9.97 Å². The summed E-state index contributed by atoms with van der Waals surface area (Å²) in [6.45, 7) is 0.752. The van der Waals surface area contributed by atoms with Gasteiger partial charge in [0.2, 0.25) is 11.8 Å². The number of aromatic amines is 1. The molecule has 11 heteroatoms. The number of hydrogen-bond acceptors (Lipinski definition) is 5. The normalized spacial score (nSPS) is 15.8. The van der Waals surface area contributed by atoms with Crippen molar-refractivity contribution < 1.29 is 17.9 Å². The number of para-hydroxylation sites is 2. The van der Waals surface area contributed by atoms with E-state index in [1.54, 1.807) is 12.1 Å². The minimum Gasteiger partial charge on any atom is -0.493 e. The van der Waals surface area contributed by atoms with E-state index in [9.17, 15) is 17.9 Å². The lowest BCUT2D eigenvalue weighted by Crippen LogP contribution is -2.44. The third kappa shape index (κ3) is 4.61. The van der Waals surface area contributed by atoms with Crippen molar-refractivity contribution >= 4 is 21.2 Å². The Hall–Kier alpha value is -3.28. The van der Waals surface area contributed by atoms with E-state index in [1.165, 1.54) is 39.5 Å². The van der Waals surface area contributed by atoms with E-state index in [0.29, 0.717) is 50.3 Å². The zero-order valence-corrected chi connectivity index (χ0v) is 21.0. The lowest BCUT2D eigenvalue weighted by molar-refractivity contribution is 0.299. The molecule has 0 unspecified atom stereocenters. The molecule has 1 aliphatic rings. The SMILES string of the molecule is CN(C)S(=O)(=O)N1CCC(c2nn(-c3nc4ccccc4[nH]3)c(O)c2CCc2ccc(F)cc2)CC1. The van der Waals surface area contributed by atoms with E-state index >= 15 is 0 Å². The molecular weight excluding hydrogens is 483 g/mol. The molecule has 0 atom stereocenters. The standard InChI is InChI=1S/C25H29FN6O3S/c1-30(2)36(34,35)31-15-13-18(14-16-31)23-20(12-9-17-7-10-19(26)11-8-17)24(33)32(29-23)25-27-21-5-3-4-6-22(21)28-25/h3-8,10-11,18,33H,9,12-16H2,1-2H3,(H,27,28). The number of H-pyrrole nitrogens is 1. The number of benzene rings is 2. The number of aromatic nitrogens is 4. The highest BCUT2D eigenvalue weighted by Gasteiger charge is 2.33. The summed E-state index contributed by atoms with van der Waals surface area (Å²) in [6, 6.07) is 13.9. The first-order chi connectivity index (χ1) is 17.2. The molecule has 0 spiro atoms. The number of fused-ring (bicyclic) bond motifs is 1. The summed E-state index contributed by atoms with van der Waals surface area (Å²) in [7, 11) is -0.421. The van der Waals surface area contributed by atoms with Gasteiger partial charge in [0, 0.05) is 38.7 Å². The van der Waals surface area contributed by atoms with Gasteiger partial charge in [-0.1, -0.05) is 24.3 Å². The molecule has 0 amide bonds. The number of rotatable bonds is 7. The summed E-state index contributed by atoms with van der Waals surface area (Å²) in [5, 5.41) is 16.0. The van der Waals surface area contributed by atoms with Crippen molar-refractivity contribution in [1.29, 1.82) is 0 Å². The molecule has 1 fully saturated rings. The molecule has 2 N–H and O–H groups in total. The van der Waals surface area contributed by atoms with Crippen LogP contribution in [0.3, 0.4) is 0 Å². The Kier molecular flexibility index (Phi) is 6.54. The third-order valence-electron chi connectivity index (χ3n) is 6.77. The van der Waals surface area contributed by atoms with E-state index < -0.39 is 10.2 Å². The van der Waals surface area contributed by atoms with Gasteiger partial charge in [0.15, 0.2) is 0 Å². The molecule has 0 aliphatic carbocycles. The predicted molar refractivity (Wildman–Crippen MR) is 135 cm³/mol. The minimum atomic E-state index is -3.48. The Morgan fingerprint density at radius 2 is 1.78 bits per heavy atom. The van der Waals surface area contributed by atoms with Crippen molar-refractivity contribution in [2.45, 2.75) is 31.6 Å². The summed E-state index contributed by atoms with van der Waals surface area (Å²) in [4.78, 5) is 7.80. The van der Waals surface area contributed by atoms with E-state index in [4.69, 9.17) is 5.10 Å². The molecular formula is C25H29FN6O3S. The van der Waals surface area contributed by atoms with Crippen LogP contribution < -0.4 is 0 Å².